The molecule has 0 bridgehead atoms. The van der Waals surface area contributed by atoms with Crippen LogP contribution in [0, 0.1) is 71.0 Å². The first kappa shape index (κ1) is 31.1. The van der Waals surface area contributed by atoms with Crippen LogP contribution >= 0.6 is 0 Å². The van der Waals surface area contributed by atoms with E-state index in [0.717, 1.165) is 83.5 Å². The Labute approximate surface area is 270 Å². The maximum atomic E-state index is 11.8. The molecule has 1 aromatic carbocycles. The highest BCUT2D eigenvalue weighted by Gasteiger charge is 2.64. The molecule has 0 aromatic heterocycles. The Morgan fingerprint density at radius 3 is 2.29 bits per heavy atom. The van der Waals surface area contributed by atoms with Gasteiger partial charge in [0.25, 0.3) is 0 Å². The van der Waals surface area contributed by atoms with Crippen molar-refractivity contribution in [2.45, 2.75) is 127 Å². The molecule has 4 nitrogen and oxygen atoms in total. The fourth-order valence-electron chi connectivity index (χ4n) is 12.8. The average molecular weight is 609 g/mol. The number of fused-ring (bicyclic) bond motifs is 10. The van der Waals surface area contributed by atoms with Gasteiger partial charge < -0.3 is 15.3 Å². The molecule has 11 unspecified atom stereocenters. The summed E-state index contributed by atoms with van der Waals surface area (Å²) in [6.45, 7) is 4.43. The Morgan fingerprint density at radius 1 is 0.800 bits per heavy atom. The predicted molar refractivity (Wildman–Crippen MR) is 177 cm³/mol. The van der Waals surface area contributed by atoms with Gasteiger partial charge in [-0.1, -0.05) is 37.3 Å². The zero-order valence-corrected chi connectivity index (χ0v) is 27.4. The van der Waals surface area contributed by atoms with Crippen LogP contribution in [-0.2, 0) is 11.2 Å². The van der Waals surface area contributed by atoms with Gasteiger partial charge in [-0.3, -0.25) is 4.79 Å². The highest BCUT2D eigenvalue weighted by Crippen LogP contribution is 2.66. The summed E-state index contributed by atoms with van der Waals surface area (Å²) < 4.78 is 0. The monoisotopic (exact) mass is 608 g/mol. The van der Waals surface area contributed by atoms with Crippen LogP contribution in [-0.4, -0.2) is 32.3 Å². The molecule has 3 N–H and O–H groups in total. The number of carbonyl (C=O) groups is 1. The van der Waals surface area contributed by atoms with Gasteiger partial charge in [0.05, 0.1) is 0 Å². The quantitative estimate of drug-likeness (QED) is 0.289. The number of aliphatic hydroxyl groups is 2. The lowest BCUT2D eigenvalue weighted by atomic mass is 9.49. The fourth-order valence-corrected chi connectivity index (χ4v) is 12.8. The molecule has 5 saturated carbocycles. The van der Waals surface area contributed by atoms with Gasteiger partial charge in [0.2, 0.25) is 0 Å². The Balaban J connectivity index is 0.000000145. The molecule has 7 aliphatic carbocycles. The minimum Gasteiger partial charge on any atom is -0.508 e. The second-order valence-electron chi connectivity index (χ2n) is 16.2. The molecule has 1 aromatic rings. The third-order valence-electron chi connectivity index (χ3n) is 15.1. The zero-order valence-electron chi connectivity index (χ0n) is 27.4. The van der Waals surface area contributed by atoms with Crippen LogP contribution in [0.4, 0.5) is 0 Å². The van der Waals surface area contributed by atoms with Crippen LogP contribution in [0.1, 0.15) is 121 Å². The summed E-state index contributed by atoms with van der Waals surface area (Å²) in [7, 11) is 0. The Hall–Kier alpha value is -2.53. The molecule has 240 valence electrons. The second kappa shape index (κ2) is 11.0. The van der Waals surface area contributed by atoms with Crippen LogP contribution in [0.2, 0.25) is 0 Å². The van der Waals surface area contributed by atoms with E-state index in [9.17, 15) is 20.1 Å². The highest BCUT2D eigenvalue weighted by molar-refractivity contribution is 5.91. The number of hydrogen-bond acceptors (Lipinski definition) is 4. The van der Waals surface area contributed by atoms with E-state index < -0.39 is 11.2 Å². The number of aromatic hydroxyl groups is 1. The maximum absolute atomic E-state index is 11.8. The van der Waals surface area contributed by atoms with E-state index in [2.05, 4.69) is 31.8 Å². The summed E-state index contributed by atoms with van der Waals surface area (Å²) >= 11 is 0. The topological polar surface area (TPSA) is 77.8 Å². The molecule has 45 heavy (non-hydrogen) atoms. The van der Waals surface area contributed by atoms with E-state index in [0.29, 0.717) is 53.0 Å². The minimum atomic E-state index is -0.919. The van der Waals surface area contributed by atoms with Crippen molar-refractivity contribution in [2.75, 3.05) is 0 Å². The largest absolute Gasteiger partial charge is 0.508 e. The minimum absolute atomic E-state index is 0.0609. The molecule has 0 aliphatic heterocycles. The number of benzene rings is 1. The first-order valence-electron chi connectivity index (χ1n) is 18.0. The Kier molecular flexibility index (Phi) is 7.62. The molecule has 8 rings (SSSR count). The molecule has 0 amide bonds. The summed E-state index contributed by atoms with van der Waals surface area (Å²) in [4.78, 5) is 11.8. The van der Waals surface area contributed by atoms with Crippen LogP contribution in [0.25, 0.3) is 0 Å². The molecule has 7 aliphatic rings. The normalized spacial score (nSPS) is 45.9. The number of carbonyl (C=O) groups excluding carboxylic acids is 1. The lowest BCUT2D eigenvalue weighted by Gasteiger charge is -2.55. The Bertz CT molecular complexity index is 1480. The van der Waals surface area contributed by atoms with Crippen molar-refractivity contribution < 1.29 is 20.1 Å². The van der Waals surface area contributed by atoms with Gasteiger partial charge in [-0.25, -0.2) is 0 Å². The van der Waals surface area contributed by atoms with Gasteiger partial charge in [0.15, 0.2) is 5.78 Å². The zero-order chi connectivity index (χ0) is 31.8. The van der Waals surface area contributed by atoms with Crippen molar-refractivity contribution in [3.63, 3.8) is 0 Å². The fraction of sp³-hybridized carbons (Fsp3) is 0.683. The molecular weight excluding hydrogens is 556 g/mol. The number of ketones is 1. The summed E-state index contributed by atoms with van der Waals surface area (Å²) in [5, 5.41) is 31.7. The van der Waals surface area contributed by atoms with E-state index in [-0.39, 0.29) is 10.8 Å². The first-order chi connectivity index (χ1) is 21.5. The third kappa shape index (κ3) is 4.45. The number of phenols is 1. The van der Waals surface area contributed by atoms with Crippen molar-refractivity contribution in [1.82, 2.24) is 0 Å². The number of terminal acetylenes is 2. The van der Waals surface area contributed by atoms with Crippen LogP contribution in [0.5, 0.6) is 5.75 Å². The van der Waals surface area contributed by atoms with Crippen molar-refractivity contribution in [3.8, 4) is 30.4 Å². The van der Waals surface area contributed by atoms with E-state index >= 15 is 0 Å². The highest BCUT2D eigenvalue weighted by atomic mass is 16.3. The lowest BCUT2D eigenvalue weighted by Crippen LogP contribution is -2.53. The molecule has 11 atom stereocenters. The molecule has 0 saturated heterocycles. The van der Waals surface area contributed by atoms with Crippen molar-refractivity contribution in [2.24, 2.45) is 46.3 Å². The summed E-state index contributed by atoms with van der Waals surface area (Å²) in [6, 6.07) is 5.87. The van der Waals surface area contributed by atoms with E-state index in [1.807, 2.05) is 18.2 Å². The number of aryl methyl sites for hydroxylation is 1. The second-order valence-corrected chi connectivity index (χ2v) is 16.2. The van der Waals surface area contributed by atoms with Crippen LogP contribution < -0.4 is 0 Å². The van der Waals surface area contributed by atoms with Crippen molar-refractivity contribution >= 4 is 5.78 Å². The third-order valence-corrected chi connectivity index (χ3v) is 15.1. The molecular formula is C41H52O4. The smallest absolute Gasteiger partial charge is 0.155 e. The molecule has 5 fully saturated rings. The van der Waals surface area contributed by atoms with Gasteiger partial charge in [0, 0.05) is 17.3 Å². The summed E-state index contributed by atoms with van der Waals surface area (Å²) in [5.74, 6) is 10.5. The van der Waals surface area contributed by atoms with Gasteiger partial charge in [-0.2, -0.15) is 0 Å². The number of rotatable bonds is 1. The van der Waals surface area contributed by atoms with Crippen LogP contribution in [0.15, 0.2) is 29.8 Å². The number of hydrogen-bond donors (Lipinski definition) is 3. The van der Waals surface area contributed by atoms with Crippen molar-refractivity contribution in [3.05, 3.63) is 41.0 Å². The maximum Gasteiger partial charge on any atom is 0.155 e. The first-order valence-corrected chi connectivity index (χ1v) is 18.0. The average Bonchev–Trinajstić information content (AvgIpc) is 3.51. The standard InChI is InChI=1S/C21H28O2.C20H24O2/c1-3-20-11-9-17-16-8-6-15(22)13-14(16)5-7-18(17)19(20)10-12-21(20,23)4-2;1-3-20(22)11-9-18-17-6-4-13-12-14(21)5-7-15(13)16(17)8-10-19(18,20)2/h2,13,16-19,23H,3,5-12H2,1H3;1,5,7,12,16-18,21-22H,4,6,8-11H2,2H3. The SMILES string of the molecule is C#CC1(O)CCC2C3CCC4=CC(=O)CCC4C3CCC21CC.C#CC1(O)CCC2C3CCc4cc(O)ccc4C3CCC21C. The van der Waals surface area contributed by atoms with E-state index in [1.54, 1.807) is 0 Å². The lowest BCUT2D eigenvalue weighted by molar-refractivity contribution is -0.117. The summed E-state index contributed by atoms with van der Waals surface area (Å²) in [5.41, 5.74) is 2.17. The number of allylic oxidation sites excluding steroid dienone is 1. The number of phenolic OH excluding ortho intramolecular Hbond substituents is 1. The molecule has 4 heteroatoms. The van der Waals surface area contributed by atoms with Crippen molar-refractivity contribution in [1.29, 1.82) is 0 Å². The van der Waals surface area contributed by atoms with Crippen LogP contribution in [0.3, 0.4) is 0 Å². The molecule has 0 heterocycles. The van der Waals surface area contributed by atoms with Gasteiger partial charge >= 0.3 is 0 Å². The molecule has 0 radical (unpaired) electrons. The van der Waals surface area contributed by atoms with Gasteiger partial charge in [-0.15, -0.1) is 12.8 Å². The summed E-state index contributed by atoms with van der Waals surface area (Å²) in [6.07, 6.45) is 28.7. The van der Waals surface area contributed by atoms with Gasteiger partial charge in [0.1, 0.15) is 17.0 Å². The predicted octanol–water partition coefficient (Wildman–Crippen LogP) is 7.50. The van der Waals surface area contributed by atoms with E-state index in [1.165, 1.54) is 29.5 Å². The Morgan fingerprint density at radius 2 is 1.53 bits per heavy atom. The van der Waals surface area contributed by atoms with E-state index in [4.69, 9.17) is 12.8 Å². The van der Waals surface area contributed by atoms with Gasteiger partial charge in [-0.05, 0) is 161 Å². The molecule has 0 spiro atoms.